The molecular formula is C32H37Cl2SiZr. The first kappa shape index (κ1) is 25.4. The molecule has 36 heavy (non-hydrogen) atoms. The van der Waals surface area contributed by atoms with Gasteiger partial charge in [0.1, 0.15) is 0 Å². The third-order valence-corrected chi connectivity index (χ3v) is 61.2. The Bertz CT molecular complexity index is 1200. The maximum absolute atomic E-state index is 8.56. The molecule has 4 aliphatic carbocycles. The van der Waals surface area contributed by atoms with Crippen LogP contribution in [-0.4, -0.2) is 5.92 Å². The van der Waals surface area contributed by atoms with Crippen LogP contribution in [0.5, 0.6) is 0 Å². The Kier molecular flexibility index (Phi) is 6.82. The summed E-state index contributed by atoms with van der Waals surface area (Å²) in [4.78, 5) is 0. The second kappa shape index (κ2) is 9.68. The number of benzene rings is 2. The van der Waals surface area contributed by atoms with Gasteiger partial charge in [-0.3, -0.25) is 0 Å². The molecule has 0 fully saturated rings. The Morgan fingerprint density at radius 2 is 1.00 bits per heavy atom. The zero-order valence-corrected chi connectivity index (χ0v) is 26.7. The van der Waals surface area contributed by atoms with Crippen LogP contribution in [0.3, 0.4) is 0 Å². The molecule has 2 aromatic rings. The molecule has 4 aliphatic rings. The molecule has 6 rings (SSSR count). The van der Waals surface area contributed by atoms with Crippen molar-refractivity contribution < 1.29 is 15.6 Å². The zero-order valence-electron chi connectivity index (χ0n) is 21.6. The van der Waals surface area contributed by atoms with Crippen LogP contribution in [0.1, 0.15) is 62.5 Å². The summed E-state index contributed by atoms with van der Waals surface area (Å²) in [7, 11) is 17.1. The first-order valence-corrected chi connectivity index (χ1v) is 30.3. The van der Waals surface area contributed by atoms with E-state index >= 15 is 0 Å². The van der Waals surface area contributed by atoms with Crippen molar-refractivity contribution in [1.29, 1.82) is 0 Å². The van der Waals surface area contributed by atoms with Gasteiger partial charge in [0, 0.05) is 0 Å². The monoisotopic (exact) mass is 609 g/mol. The maximum atomic E-state index is 8.56. The summed E-state index contributed by atoms with van der Waals surface area (Å²) in [5.74, 6) is -1.49. The zero-order chi connectivity index (χ0) is 24.9. The molecule has 0 heterocycles. The van der Waals surface area contributed by atoms with Gasteiger partial charge in [-0.25, -0.2) is 0 Å². The molecule has 0 amide bonds. The molecule has 187 valence electrons. The van der Waals surface area contributed by atoms with E-state index in [1.54, 1.807) is 22.3 Å². The minimum atomic E-state index is -4.61. The van der Waals surface area contributed by atoms with Gasteiger partial charge in [0.25, 0.3) is 0 Å². The van der Waals surface area contributed by atoms with Crippen LogP contribution >= 0.6 is 17.0 Å². The molecule has 2 aromatic carbocycles. The topological polar surface area (TPSA) is 0 Å². The third-order valence-electron chi connectivity index (χ3n) is 9.51. The average molecular weight is 612 g/mol. The standard InChI is InChI=1S/2C15H15.C2H7Si.2ClH.Zr/c2*1-2-6-12(7-3-1)15-10-13-8-4-5-9-14(13)11-15;1-3-2;;;/h2*1-3,6-7,10-11H,4-5,8-9H2;3H,1-2H3;2*1H;/q;;;;;+2/p-2. The van der Waals surface area contributed by atoms with Crippen molar-refractivity contribution in [3.8, 4) is 0 Å². The molecule has 0 N–H and O–H groups in total. The van der Waals surface area contributed by atoms with Gasteiger partial charge in [-0.05, 0) is 0 Å². The molecule has 0 saturated heterocycles. The Morgan fingerprint density at radius 3 is 1.39 bits per heavy atom. The van der Waals surface area contributed by atoms with Crippen LogP contribution in [0.2, 0.25) is 20.3 Å². The van der Waals surface area contributed by atoms with E-state index in [2.05, 4.69) is 85.9 Å². The van der Waals surface area contributed by atoms with Crippen LogP contribution < -0.4 is 0 Å². The van der Waals surface area contributed by atoms with E-state index in [1.165, 1.54) is 73.6 Å². The second-order valence-electron chi connectivity index (χ2n) is 11.7. The van der Waals surface area contributed by atoms with Crippen molar-refractivity contribution in [1.82, 2.24) is 0 Å². The molecule has 0 bridgehead atoms. The summed E-state index contributed by atoms with van der Waals surface area (Å²) >= 11 is -4.61. The minimum absolute atomic E-state index is 0.241. The van der Waals surface area contributed by atoms with E-state index in [0.29, 0.717) is 0 Å². The molecule has 0 aromatic heterocycles. The average Bonchev–Trinajstić information content (AvgIpc) is 3.50. The Hall–Kier alpha value is -0.920. The molecule has 0 aliphatic heterocycles. The number of allylic oxidation sites excluding steroid dienone is 8. The summed E-state index contributed by atoms with van der Waals surface area (Å²) in [6.45, 7) is 4.97. The SMILES string of the molecule is C[SiH](C)[Zr]([Cl])([Cl])([CH]1C(c2ccccc2)=CC2=C1CCCC2)[CH]1C(c2ccccc2)=CC2=C1CCCC2. The van der Waals surface area contributed by atoms with Gasteiger partial charge in [0.2, 0.25) is 0 Å². The molecule has 2 unspecified atom stereocenters. The Labute approximate surface area is 226 Å². The molecule has 4 heteroatoms. The first-order valence-electron chi connectivity index (χ1n) is 13.9. The third kappa shape index (κ3) is 3.93. The van der Waals surface area contributed by atoms with Crippen LogP contribution in [0.4, 0.5) is 0 Å². The molecule has 0 radical (unpaired) electrons. The van der Waals surface area contributed by atoms with Crippen LogP contribution in [0.15, 0.2) is 95.1 Å². The quantitative estimate of drug-likeness (QED) is 0.295. The fourth-order valence-corrected chi connectivity index (χ4v) is 39.1. The van der Waals surface area contributed by atoms with E-state index in [0.717, 1.165) is 0 Å². The number of halogens is 2. The second-order valence-corrected chi connectivity index (χ2v) is 54.2. The summed E-state index contributed by atoms with van der Waals surface area (Å²) in [6, 6.07) is 22.1. The Morgan fingerprint density at radius 1 is 0.611 bits per heavy atom. The van der Waals surface area contributed by atoms with Crippen LogP contribution in [0, 0.1) is 0 Å². The van der Waals surface area contributed by atoms with E-state index in [9.17, 15) is 0 Å². The van der Waals surface area contributed by atoms with Gasteiger partial charge in [0.15, 0.2) is 0 Å². The summed E-state index contributed by atoms with van der Waals surface area (Å²) in [5.41, 5.74) is 11.9. The van der Waals surface area contributed by atoms with Gasteiger partial charge in [-0.15, -0.1) is 0 Å². The van der Waals surface area contributed by atoms with Gasteiger partial charge in [-0.2, -0.15) is 0 Å². The number of rotatable bonds is 5. The molecule has 2 atom stereocenters. The first-order chi connectivity index (χ1) is 17.4. The molecular weight excluding hydrogens is 575 g/mol. The van der Waals surface area contributed by atoms with Crippen LogP contribution in [0.25, 0.3) is 11.1 Å². The number of hydrogen-bond donors (Lipinski definition) is 0. The molecule has 0 saturated carbocycles. The fraction of sp³-hybridized carbons (Fsp3) is 0.375. The molecule has 0 spiro atoms. The van der Waals surface area contributed by atoms with Gasteiger partial charge in [-0.1, -0.05) is 0 Å². The van der Waals surface area contributed by atoms with E-state index in [1.807, 2.05) is 0 Å². The summed E-state index contributed by atoms with van der Waals surface area (Å²) < 4.78 is 0.482. The predicted octanol–water partition coefficient (Wildman–Crippen LogP) is 10.5. The van der Waals surface area contributed by atoms with Crippen LogP contribution in [-0.2, 0) is 15.6 Å². The Balaban J connectivity index is 1.60. The van der Waals surface area contributed by atoms with Gasteiger partial charge >= 0.3 is 228 Å². The van der Waals surface area contributed by atoms with Gasteiger partial charge in [0.05, 0.1) is 0 Å². The predicted molar refractivity (Wildman–Crippen MR) is 158 cm³/mol. The van der Waals surface area contributed by atoms with E-state index < -0.39 is 21.5 Å². The summed E-state index contributed by atoms with van der Waals surface area (Å²) in [5, 5.41) is 0. The van der Waals surface area contributed by atoms with Crippen molar-refractivity contribution in [3.05, 3.63) is 106 Å². The van der Waals surface area contributed by atoms with E-state index in [-0.39, 0.29) is 7.25 Å². The van der Waals surface area contributed by atoms with Crippen molar-refractivity contribution >= 4 is 34.1 Å². The summed E-state index contributed by atoms with van der Waals surface area (Å²) in [6.07, 6.45) is 14.9. The van der Waals surface area contributed by atoms with Crippen molar-refractivity contribution in [2.24, 2.45) is 0 Å². The van der Waals surface area contributed by atoms with Crippen molar-refractivity contribution in [2.45, 2.75) is 71.7 Å². The van der Waals surface area contributed by atoms with Crippen molar-refractivity contribution in [2.75, 3.05) is 0 Å². The molecule has 0 nitrogen and oxygen atoms in total. The van der Waals surface area contributed by atoms with Crippen molar-refractivity contribution in [3.63, 3.8) is 0 Å². The fourth-order valence-electron chi connectivity index (χ4n) is 7.67. The van der Waals surface area contributed by atoms with E-state index in [4.69, 9.17) is 17.0 Å². The normalized spacial score (nSPS) is 25.3. The van der Waals surface area contributed by atoms with Gasteiger partial charge < -0.3 is 0 Å². The number of hydrogen-bond acceptors (Lipinski definition) is 0.